The van der Waals surface area contributed by atoms with Crippen molar-refractivity contribution in [3.63, 3.8) is 0 Å². The fourth-order valence-electron chi connectivity index (χ4n) is 3.00. The van der Waals surface area contributed by atoms with Crippen LogP contribution >= 0.6 is 0 Å². The first kappa shape index (κ1) is 14.1. The van der Waals surface area contributed by atoms with Crippen LogP contribution in [0.5, 0.6) is 0 Å². The Balaban J connectivity index is 1.36. The average molecular weight is 273 g/mol. The summed E-state index contributed by atoms with van der Waals surface area (Å²) in [6.07, 6.45) is 9.66. The lowest BCUT2D eigenvalue weighted by molar-refractivity contribution is 0.0739. The van der Waals surface area contributed by atoms with Gasteiger partial charge in [0.1, 0.15) is 0 Å². The van der Waals surface area contributed by atoms with Crippen LogP contribution in [0.25, 0.3) is 0 Å². The summed E-state index contributed by atoms with van der Waals surface area (Å²) in [7, 11) is 0. The summed E-state index contributed by atoms with van der Waals surface area (Å²) in [5, 5.41) is 3.55. The Morgan fingerprint density at radius 2 is 1.60 bits per heavy atom. The second kappa shape index (κ2) is 7.24. The molecule has 1 N–H and O–H groups in total. The van der Waals surface area contributed by atoms with Crippen molar-refractivity contribution in [2.75, 3.05) is 6.61 Å². The molecular weight excluding hydrogens is 246 g/mol. The highest BCUT2D eigenvalue weighted by molar-refractivity contribution is 5.22. The first-order valence-electron chi connectivity index (χ1n) is 8.29. The van der Waals surface area contributed by atoms with Crippen molar-refractivity contribution >= 4 is 0 Å². The Kier molecular flexibility index (Phi) is 5.10. The number of benzene rings is 1. The van der Waals surface area contributed by atoms with Crippen molar-refractivity contribution < 1.29 is 4.74 Å². The second-order valence-electron chi connectivity index (χ2n) is 6.49. The van der Waals surface area contributed by atoms with E-state index in [0.29, 0.717) is 0 Å². The van der Waals surface area contributed by atoms with Gasteiger partial charge in [0, 0.05) is 19.2 Å². The predicted octanol–water partition coefficient (Wildman–Crippen LogP) is 4.04. The Labute approximate surface area is 122 Å². The maximum absolute atomic E-state index is 5.89. The van der Waals surface area contributed by atoms with Crippen molar-refractivity contribution in [3.8, 4) is 0 Å². The van der Waals surface area contributed by atoms with Gasteiger partial charge in [-0.25, -0.2) is 0 Å². The molecule has 0 aliphatic heterocycles. The molecule has 2 aliphatic rings. The minimum atomic E-state index is 0.771. The highest BCUT2D eigenvalue weighted by Crippen LogP contribution is 2.24. The third-order valence-electron chi connectivity index (χ3n) is 4.54. The van der Waals surface area contributed by atoms with E-state index in [2.05, 4.69) is 29.6 Å². The summed E-state index contributed by atoms with van der Waals surface area (Å²) in [4.78, 5) is 0. The molecular formula is C18H27NO. The lowest BCUT2D eigenvalue weighted by atomic mass is 9.90. The molecule has 2 nitrogen and oxygen atoms in total. The monoisotopic (exact) mass is 273 g/mol. The molecule has 0 radical (unpaired) electrons. The Hall–Kier alpha value is -0.860. The fourth-order valence-corrected chi connectivity index (χ4v) is 3.00. The van der Waals surface area contributed by atoms with Gasteiger partial charge in [0.05, 0.1) is 6.61 Å². The summed E-state index contributed by atoms with van der Waals surface area (Å²) in [5.74, 6) is 0.811. The molecule has 2 fully saturated rings. The zero-order chi connectivity index (χ0) is 13.6. The van der Waals surface area contributed by atoms with E-state index in [0.717, 1.165) is 31.7 Å². The number of rotatable bonds is 7. The van der Waals surface area contributed by atoms with Crippen LogP contribution in [-0.2, 0) is 17.9 Å². The van der Waals surface area contributed by atoms with E-state index in [-0.39, 0.29) is 0 Å². The van der Waals surface area contributed by atoms with Gasteiger partial charge in [-0.15, -0.1) is 0 Å². The van der Waals surface area contributed by atoms with E-state index < -0.39 is 0 Å². The molecule has 20 heavy (non-hydrogen) atoms. The van der Waals surface area contributed by atoms with Crippen molar-refractivity contribution in [2.24, 2.45) is 5.92 Å². The number of hydrogen-bond donors (Lipinski definition) is 1. The molecule has 2 aliphatic carbocycles. The second-order valence-corrected chi connectivity index (χ2v) is 6.49. The van der Waals surface area contributed by atoms with Crippen LogP contribution in [0.3, 0.4) is 0 Å². The summed E-state index contributed by atoms with van der Waals surface area (Å²) in [5.41, 5.74) is 2.68. The van der Waals surface area contributed by atoms with Crippen LogP contribution < -0.4 is 5.32 Å². The number of nitrogens with one attached hydrogen (secondary N) is 1. The van der Waals surface area contributed by atoms with E-state index >= 15 is 0 Å². The topological polar surface area (TPSA) is 21.3 Å². The minimum Gasteiger partial charge on any atom is -0.376 e. The van der Waals surface area contributed by atoms with E-state index in [1.165, 1.54) is 56.1 Å². The molecule has 0 saturated heterocycles. The van der Waals surface area contributed by atoms with Crippen LogP contribution in [0.1, 0.15) is 56.1 Å². The van der Waals surface area contributed by atoms with Gasteiger partial charge in [0.2, 0.25) is 0 Å². The zero-order valence-electron chi connectivity index (χ0n) is 12.4. The Bertz CT molecular complexity index is 390. The summed E-state index contributed by atoms with van der Waals surface area (Å²) in [6.45, 7) is 2.73. The molecule has 0 unspecified atom stereocenters. The van der Waals surface area contributed by atoms with Crippen molar-refractivity contribution in [3.05, 3.63) is 35.4 Å². The first-order chi connectivity index (χ1) is 9.90. The highest BCUT2D eigenvalue weighted by Gasteiger charge is 2.19. The van der Waals surface area contributed by atoms with Gasteiger partial charge in [0.25, 0.3) is 0 Å². The lowest BCUT2D eigenvalue weighted by Gasteiger charge is -2.21. The van der Waals surface area contributed by atoms with Gasteiger partial charge in [-0.3, -0.25) is 0 Å². The van der Waals surface area contributed by atoms with Crippen molar-refractivity contribution in [1.29, 1.82) is 0 Å². The van der Waals surface area contributed by atoms with Crippen LogP contribution in [-0.4, -0.2) is 12.6 Å². The largest absolute Gasteiger partial charge is 0.376 e. The molecule has 1 aromatic rings. The Morgan fingerprint density at radius 1 is 0.900 bits per heavy atom. The molecule has 110 valence electrons. The quantitative estimate of drug-likeness (QED) is 0.809. The van der Waals surface area contributed by atoms with Crippen LogP contribution in [0.4, 0.5) is 0 Å². The van der Waals surface area contributed by atoms with Gasteiger partial charge in [0.15, 0.2) is 0 Å². The molecule has 0 amide bonds. The predicted molar refractivity (Wildman–Crippen MR) is 82.5 cm³/mol. The first-order valence-corrected chi connectivity index (χ1v) is 8.29. The van der Waals surface area contributed by atoms with Crippen LogP contribution in [0, 0.1) is 5.92 Å². The zero-order valence-corrected chi connectivity index (χ0v) is 12.4. The molecule has 0 spiro atoms. The summed E-state index contributed by atoms with van der Waals surface area (Å²) >= 11 is 0. The van der Waals surface area contributed by atoms with Gasteiger partial charge in [-0.1, -0.05) is 43.5 Å². The van der Waals surface area contributed by atoms with E-state index in [1.807, 2.05) is 0 Å². The molecule has 0 bridgehead atoms. The smallest absolute Gasteiger partial charge is 0.0717 e. The lowest BCUT2D eigenvalue weighted by Crippen LogP contribution is -2.15. The van der Waals surface area contributed by atoms with Gasteiger partial charge in [-0.2, -0.15) is 0 Å². The summed E-state index contributed by atoms with van der Waals surface area (Å²) in [6, 6.07) is 9.67. The van der Waals surface area contributed by atoms with Gasteiger partial charge < -0.3 is 10.1 Å². The van der Waals surface area contributed by atoms with E-state index in [1.54, 1.807) is 0 Å². The fraction of sp³-hybridized carbons (Fsp3) is 0.667. The Morgan fingerprint density at radius 3 is 2.30 bits per heavy atom. The molecule has 0 heterocycles. The van der Waals surface area contributed by atoms with Gasteiger partial charge >= 0.3 is 0 Å². The molecule has 0 atom stereocenters. The highest BCUT2D eigenvalue weighted by atomic mass is 16.5. The maximum Gasteiger partial charge on any atom is 0.0717 e. The maximum atomic E-state index is 5.89. The van der Waals surface area contributed by atoms with Gasteiger partial charge in [-0.05, 0) is 42.7 Å². The van der Waals surface area contributed by atoms with Crippen LogP contribution in [0.15, 0.2) is 24.3 Å². The van der Waals surface area contributed by atoms with Crippen LogP contribution in [0.2, 0.25) is 0 Å². The number of ether oxygens (including phenoxy) is 1. The number of hydrogen-bond acceptors (Lipinski definition) is 2. The molecule has 2 heteroatoms. The minimum absolute atomic E-state index is 0.771. The molecule has 1 aromatic carbocycles. The molecule has 0 aromatic heterocycles. The normalized spacial score (nSPS) is 20.2. The standard InChI is InChI=1S/C18H27NO/c1-2-4-16(5-3-1)13-20-14-17-8-6-15(7-9-17)12-19-18-10-11-18/h6-9,16,18-19H,1-5,10-14H2. The van der Waals surface area contributed by atoms with Crippen molar-refractivity contribution in [1.82, 2.24) is 5.32 Å². The van der Waals surface area contributed by atoms with Crippen molar-refractivity contribution in [2.45, 2.75) is 64.1 Å². The molecule has 2 saturated carbocycles. The van der Waals surface area contributed by atoms with E-state index in [9.17, 15) is 0 Å². The SMILES string of the molecule is c1cc(COCC2CCCCC2)ccc1CNC1CC1. The third kappa shape index (κ3) is 4.60. The molecule has 3 rings (SSSR count). The third-order valence-corrected chi connectivity index (χ3v) is 4.54. The summed E-state index contributed by atoms with van der Waals surface area (Å²) < 4.78 is 5.89. The van der Waals surface area contributed by atoms with E-state index in [4.69, 9.17) is 4.74 Å². The average Bonchev–Trinajstić information content (AvgIpc) is 3.32.